The minimum absolute atomic E-state index is 0.143. The second-order valence-electron chi connectivity index (χ2n) is 9.06. The summed E-state index contributed by atoms with van der Waals surface area (Å²) in [6.45, 7) is 3.46. The maximum absolute atomic E-state index is 13.9. The van der Waals surface area contributed by atoms with Crippen molar-refractivity contribution < 1.29 is 17.9 Å². The molecule has 2 aliphatic heterocycles. The zero-order chi connectivity index (χ0) is 23.7. The van der Waals surface area contributed by atoms with Crippen LogP contribution in [0.1, 0.15) is 22.6 Å². The molecule has 5 rings (SSSR count). The van der Waals surface area contributed by atoms with Crippen LogP contribution in [0.2, 0.25) is 0 Å². The minimum atomic E-state index is -3.81. The van der Waals surface area contributed by atoms with E-state index >= 15 is 0 Å². The topological polar surface area (TPSA) is 59.1 Å². The highest BCUT2D eigenvalue weighted by atomic mass is 32.2. The van der Waals surface area contributed by atoms with Gasteiger partial charge in [0.1, 0.15) is 16.4 Å². The van der Waals surface area contributed by atoms with Gasteiger partial charge in [0.2, 0.25) is 10.0 Å². The Bertz CT molecular complexity index is 1260. The zero-order valence-electron chi connectivity index (χ0n) is 19.6. The lowest BCUT2D eigenvalue weighted by atomic mass is 9.87. The first-order valence-corrected chi connectivity index (χ1v) is 13.0. The molecule has 34 heavy (non-hydrogen) atoms. The van der Waals surface area contributed by atoms with Crippen LogP contribution in [0.5, 0.6) is 11.5 Å². The average molecular weight is 479 g/mol. The molecule has 178 valence electrons. The predicted octanol–water partition coefficient (Wildman–Crippen LogP) is 4.12. The molecular weight excluding hydrogens is 448 g/mol. The summed E-state index contributed by atoms with van der Waals surface area (Å²) in [5.74, 6) is 1.32. The molecule has 6 nitrogen and oxygen atoms in total. The molecule has 0 aromatic heterocycles. The summed E-state index contributed by atoms with van der Waals surface area (Å²) in [6, 6.07) is 23.6. The van der Waals surface area contributed by atoms with Gasteiger partial charge in [-0.2, -0.15) is 4.31 Å². The Morgan fingerprint density at radius 2 is 1.65 bits per heavy atom. The quantitative estimate of drug-likeness (QED) is 0.533. The molecule has 7 heteroatoms. The smallest absolute Gasteiger partial charge is 0.247 e. The Morgan fingerprint density at radius 3 is 2.41 bits per heavy atom. The van der Waals surface area contributed by atoms with Crippen LogP contribution >= 0.6 is 0 Å². The Balaban J connectivity index is 1.49. The number of hydrogen-bond donors (Lipinski definition) is 0. The van der Waals surface area contributed by atoms with Gasteiger partial charge in [-0.15, -0.1) is 0 Å². The SMILES string of the molecule is COc1ccc(OC)c(S(=O)(=O)N2Cc3ccccc3[C@H]3CN(Cc4ccccc4)C[C@@H]3C2)c1. The first-order valence-electron chi connectivity index (χ1n) is 11.6. The number of fused-ring (bicyclic) bond motifs is 3. The summed E-state index contributed by atoms with van der Waals surface area (Å²) >= 11 is 0. The fraction of sp³-hybridized carbons (Fsp3) is 0.333. The molecule has 2 atom stereocenters. The number of benzene rings is 3. The van der Waals surface area contributed by atoms with Gasteiger partial charge in [0.15, 0.2) is 0 Å². The van der Waals surface area contributed by atoms with Crippen molar-refractivity contribution in [3.63, 3.8) is 0 Å². The Kier molecular flexibility index (Phi) is 6.34. The third kappa shape index (κ3) is 4.31. The lowest BCUT2D eigenvalue weighted by Gasteiger charge is -2.25. The van der Waals surface area contributed by atoms with Crippen molar-refractivity contribution in [1.29, 1.82) is 0 Å². The number of rotatable bonds is 6. The van der Waals surface area contributed by atoms with Crippen LogP contribution in [0.3, 0.4) is 0 Å². The number of methoxy groups -OCH3 is 2. The Labute approximate surface area is 201 Å². The Hall–Kier alpha value is -2.87. The van der Waals surface area contributed by atoms with E-state index in [1.807, 2.05) is 12.1 Å². The van der Waals surface area contributed by atoms with E-state index in [1.165, 1.54) is 25.3 Å². The summed E-state index contributed by atoms with van der Waals surface area (Å²) in [5, 5.41) is 0. The maximum Gasteiger partial charge on any atom is 0.247 e. The minimum Gasteiger partial charge on any atom is -0.497 e. The van der Waals surface area contributed by atoms with E-state index < -0.39 is 10.0 Å². The third-order valence-electron chi connectivity index (χ3n) is 6.99. The number of likely N-dealkylation sites (tertiary alicyclic amines) is 1. The molecule has 3 aromatic carbocycles. The molecule has 0 bridgehead atoms. The van der Waals surface area contributed by atoms with E-state index in [1.54, 1.807) is 22.5 Å². The lowest BCUT2D eigenvalue weighted by molar-refractivity contribution is 0.292. The monoisotopic (exact) mass is 478 g/mol. The second kappa shape index (κ2) is 9.41. The van der Waals surface area contributed by atoms with E-state index in [4.69, 9.17) is 9.47 Å². The highest BCUT2D eigenvalue weighted by Crippen LogP contribution is 2.41. The second-order valence-corrected chi connectivity index (χ2v) is 11.0. The molecule has 3 aromatic rings. The molecule has 0 unspecified atom stereocenters. The van der Waals surface area contributed by atoms with E-state index in [9.17, 15) is 8.42 Å². The zero-order valence-corrected chi connectivity index (χ0v) is 20.4. The van der Waals surface area contributed by atoms with Gasteiger partial charge in [-0.3, -0.25) is 4.90 Å². The fourth-order valence-corrected chi connectivity index (χ4v) is 6.98. The van der Waals surface area contributed by atoms with Crippen LogP contribution < -0.4 is 9.47 Å². The predicted molar refractivity (Wildman–Crippen MR) is 132 cm³/mol. The summed E-state index contributed by atoms with van der Waals surface area (Å²) in [5.41, 5.74) is 3.61. The summed E-state index contributed by atoms with van der Waals surface area (Å²) in [6.07, 6.45) is 0. The molecule has 0 saturated carbocycles. The number of ether oxygens (including phenoxy) is 2. The molecule has 0 amide bonds. The van der Waals surface area contributed by atoms with Crippen molar-refractivity contribution in [3.8, 4) is 11.5 Å². The van der Waals surface area contributed by atoms with Gasteiger partial charge in [-0.25, -0.2) is 8.42 Å². The lowest BCUT2D eigenvalue weighted by Crippen LogP contribution is -2.35. The van der Waals surface area contributed by atoms with Crippen LogP contribution in [0.15, 0.2) is 77.7 Å². The normalized spacial score (nSPS) is 20.9. The molecule has 0 aliphatic carbocycles. The van der Waals surface area contributed by atoms with Gasteiger partial charge < -0.3 is 9.47 Å². The molecule has 2 heterocycles. The summed E-state index contributed by atoms with van der Waals surface area (Å²) in [4.78, 5) is 2.59. The molecule has 1 saturated heterocycles. The molecular formula is C27H30N2O4S. The van der Waals surface area contributed by atoms with Crippen molar-refractivity contribution in [3.05, 3.63) is 89.5 Å². The third-order valence-corrected chi connectivity index (χ3v) is 8.83. The van der Waals surface area contributed by atoms with E-state index in [-0.39, 0.29) is 10.8 Å². The average Bonchev–Trinajstić information content (AvgIpc) is 3.18. The van der Waals surface area contributed by atoms with E-state index in [2.05, 4.69) is 47.4 Å². The first kappa shape index (κ1) is 22.9. The van der Waals surface area contributed by atoms with Crippen LogP contribution in [0.4, 0.5) is 0 Å². The fourth-order valence-electron chi connectivity index (χ4n) is 5.33. The molecule has 1 fully saturated rings. The van der Waals surface area contributed by atoms with Crippen LogP contribution in [-0.2, 0) is 23.1 Å². The highest BCUT2D eigenvalue weighted by molar-refractivity contribution is 7.89. The van der Waals surface area contributed by atoms with Gasteiger partial charge in [0.25, 0.3) is 0 Å². The molecule has 0 N–H and O–H groups in total. The molecule has 2 aliphatic rings. The van der Waals surface area contributed by atoms with Gasteiger partial charge in [0.05, 0.1) is 14.2 Å². The van der Waals surface area contributed by atoms with E-state index in [0.717, 1.165) is 25.2 Å². The van der Waals surface area contributed by atoms with Crippen molar-refractivity contribution in [2.75, 3.05) is 33.9 Å². The van der Waals surface area contributed by atoms with Gasteiger partial charge in [-0.1, -0.05) is 54.6 Å². The first-order chi connectivity index (χ1) is 16.5. The molecule has 0 radical (unpaired) electrons. The molecule has 0 spiro atoms. The van der Waals surface area contributed by atoms with Crippen LogP contribution in [0, 0.1) is 5.92 Å². The number of nitrogens with zero attached hydrogens (tertiary/aromatic N) is 2. The van der Waals surface area contributed by atoms with Crippen LogP contribution in [-0.4, -0.2) is 51.5 Å². The summed E-state index contributed by atoms with van der Waals surface area (Å²) < 4.78 is 40.2. The van der Waals surface area contributed by atoms with Gasteiger partial charge in [-0.05, 0) is 34.7 Å². The van der Waals surface area contributed by atoms with Crippen molar-refractivity contribution >= 4 is 10.0 Å². The Morgan fingerprint density at radius 1 is 0.882 bits per heavy atom. The van der Waals surface area contributed by atoms with Crippen molar-refractivity contribution in [2.24, 2.45) is 5.92 Å². The van der Waals surface area contributed by atoms with Gasteiger partial charge in [0, 0.05) is 44.7 Å². The number of hydrogen-bond acceptors (Lipinski definition) is 5. The van der Waals surface area contributed by atoms with Crippen molar-refractivity contribution in [1.82, 2.24) is 9.21 Å². The maximum atomic E-state index is 13.9. The number of sulfonamides is 1. The van der Waals surface area contributed by atoms with Crippen LogP contribution in [0.25, 0.3) is 0 Å². The summed E-state index contributed by atoms with van der Waals surface area (Å²) in [7, 11) is -0.783. The largest absolute Gasteiger partial charge is 0.497 e. The van der Waals surface area contributed by atoms with Gasteiger partial charge >= 0.3 is 0 Å². The standard InChI is InChI=1S/C27H30N2O4S/c1-32-23-12-13-26(33-2)27(14-23)34(30,31)29-17-21-10-6-7-11-24(21)25-19-28(16-22(25)18-29)15-20-8-4-3-5-9-20/h3-14,22,25H,15-19H2,1-2H3/t22-,25+/m1/s1. The van der Waals surface area contributed by atoms with Crippen molar-refractivity contribution in [2.45, 2.75) is 23.9 Å². The van der Waals surface area contributed by atoms with E-state index in [0.29, 0.717) is 30.5 Å². The highest BCUT2D eigenvalue weighted by Gasteiger charge is 2.41.